The summed E-state index contributed by atoms with van der Waals surface area (Å²) in [5.74, 6) is -0.0285. The van der Waals surface area contributed by atoms with Gasteiger partial charge in [-0.1, -0.05) is 17.7 Å². The maximum absolute atomic E-state index is 11.9. The fourth-order valence-electron chi connectivity index (χ4n) is 1.48. The summed E-state index contributed by atoms with van der Waals surface area (Å²) in [6.45, 7) is 9.65. The van der Waals surface area contributed by atoms with Crippen molar-refractivity contribution in [2.24, 2.45) is 0 Å². The number of anilines is 1. The SMILES string of the molecule is Cc1ccc(N[C@H](C)C(=O)NC(C)(C)C)cc1Cl. The van der Waals surface area contributed by atoms with E-state index in [-0.39, 0.29) is 17.5 Å². The van der Waals surface area contributed by atoms with Crippen molar-refractivity contribution in [2.75, 3.05) is 5.32 Å². The monoisotopic (exact) mass is 268 g/mol. The third-order valence-electron chi connectivity index (χ3n) is 2.45. The number of amides is 1. The lowest BCUT2D eigenvalue weighted by atomic mass is 10.1. The highest BCUT2D eigenvalue weighted by molar-refractivity contribution is 6.31. The lowest BCUT2D eigenvalue weighted by molar-refractivity contribution is -0.122. The van der Waals surface area contributed by atoms with Crippen LogP contribution in [0, 0.1) is 6.92 Å². The molecule has 0 fully saturated rings. The standard InChI is InChI=1S/C14H21ClN2O/c1-9-6-7-11(8-12(9)15)16-10(2)13(18)17-14(3,4)5/h6-8,10,16H,1-5H3,(H,17,18)/t10-/m1/s1. The van der Waals surface area contributed by atoms with Crippen LogP contribution in [0.3, 0.4) is 0 Å². The highest BCUT2D eigenvalue weighted by Gasteiger charge is 2.19. The number of hydrogen-bond donors (Lipinski definition) is 2. The normalized spacial score (nSPS) is 13.0. The Hall–Kier alpha value is -1.22. The molecule has 1 amide bonds. The number of hydrogen-bond acceptors (Lipinski definition) is 2. The Balaban J connectivity index is 2.66. The van der Waals surface area contributed by atoms with Crippen LogP contribution in [0.25, 0.3) is 0 Å². The first kappa shape index (κ1) is 14.8. The molecule has 1 aromatic rings. The van der Waals surface area contributed by atoms with Crippen molar-refractivity contribution < 1.29 is 4.79 Å². The van der Waals surface area contributed by atoms with E-state index in [1.165, 1.54) is 0 Å². The Kier molecular flexibility index (Phi) is 4.63. The quantitative estimate of drug-likeness (QED) is 0.883. The van der Waals surface area contributed by atoms with Crippen LogP contribution >= 0.6 is 11.6 Å². The fourth-order valence-corrected chi connectivity index (χ4v) is 1.66. The molecule has 0 radical (unpaired) electrons. The molecule has 0 saturated carbocycles. The van der Waals surface area contributed by atoms with Crippen LogP contribution in [0.15, 0.2) is 18.2 Å². The molecule has 1 atom stereocenters. The minimum atomic E-state index is -0.303. The van der Waals surface area contributed by atoms with Crippen molar-refractivity contribution in [1.29, 1.82) is 0 Å². The zero-order valence-electron chi connectivity index (χ0n) is 11.6. The second-order valence-electron chi connectivity index (χ2n) is 5.57. The van der Waals surface area contributed by atoms with E-state index in [1.54, 1.807) is 0 Å². The molecule has 0 saturated heterocycles. The van der Waals surface area contributed by atoms with E-state index < -0.39 is 0 Å². The molecule has 100 valence electrons. The van der Waals surface area contributed by atoms with Gasteiger partial charge in [-0.15, -0.1) is 0 Å². The molecule has 18 heavy (non-hydrogen) atoms. The first-order chi connectivity index (χ1) is 8.19. The van der Waals surface area contributed by atoms with Crippen molar-refractivity contribution in [1.82, 2.24) is 5.32 Å². The Labute approximate surface area is 114 Å². The van der Waals surface area contributed by atoms with E-state index in [1.807, 2.05) is 52.8 Å². The first-order valence-electron chi connectivity index (χ1n) is 6.04. The van der Waals surface area contributed by atoms with Gasteiger partial charge in [0.1, 0.15) is 6.04 Å². The van der Waals surface area contributed by atoms with Gasteiger partial charge in [-0.3, -0.25) is 4.79 Å². The third kappa shape index (κ3) is 4.57. The average Bonchev–Trinajstić information content (AvgIpc) is 2.21. The summed E-state index contributed by atoms with van der Waals surface area (Å²) in [6.07, 6.45) is 0. The average molecular weight is 269 g/mol. The van der Waals surface area contributed by atoms with Crippen LogP contribution in [-0.2, 0) is 4.79 Å². The number of carbonyl (C=O) groups is 1. The molecule has 1 aromatic carbocycles. The van der Waals surface area contributed by atoms with Crippen LogP contribution < -0.4 is 10.6 Å². The summed E-state index contributed by atoms with van der Waals surface area (Å²) in [4.78, 5) is 11.9. The van der Waals surface area contributed by atoms with E-state index in [0.29, 0.717) is 5.02 Å². The van der Waals surface area contributed by atoms with Crippen molar-refractivity contribution in [3.8, 4) is 0 Å². The molecular formula is C14H21ClN2O. The zero-order chi connectivity index (χ0) is 13.9. The molecular weight excluding hydrogens is 248 g/mol. The maximum atomic E-state index is 11.9. The van der Waals surface area contributed by atoms with Crippen molar-refractivity contribution in [3.63, 3.8) is 0 Å². The van der Waals surface area contributed by atoms with Gasteiger partial charge in [0.05, 0.1) is 0 Å². The number of carbonyl (C=O) groups excluding carboxylic acids is 1. The van der Waals surface area contributed by atoms with E-state index in [4.69, 9.17) is 11.6 Å². The fraction of sp³-hybridized carbons (Fsp3) is 0.500. The minimum absolute atomic E-state index is 0.0285. The third-order valence-corrected chi connectivity index (χ3v) is 2.85. The second kappa shape index (κ2) is 5.61. The van der Waals surface area contributed by atoms with E-state index in [2.05, 4.69) is 10.6 Å². The largest absolute Gasteiger partial charge is 0.374 e. The number of nitrogens with one attached hydrogen (secondary N) is 2. The number of halogens is 1. The van der Waals surface area contributed by atoms with Gasteiger partial charge in [-0.05, 0) is 52.3 Å². The second-order valence-corrected chi connectivity index (χ2v) is 5.98. The minimum Gasteiger partial charge on any atom is -0.374 e. The lowest BCUT2D eigenvalue weighted by Crippen LogP contribution is -2.47. The number of benzene rings is 1. The maximum Gasteiger partial charge on any atom is 0.242 e. The Morgan fingerprint density at radius 2 is 1.94 bits per heavy atom. The van der Waals surface area contributed by atoms with Gasteiger partial charge in [0.25, 0.3) is 0 Å². The van der Waals surface area contributed by atoms with Gasteiger partial charge in [-0.25, -0.2) is 0 Å². The smallest absolute Gasteiger partial charge is 0.242 e. The molecule has 0 aliphatic heterocycles. The molecule has 0 spiro atoms. The zero-order valence-corrected chi connectivity index (χ0v) is 12.4. The summed E-state index contributed by atoms with van der Waals surface area (Å²) < 4.78 is 0. The van der Waals surface area contributed by atoms with Crippen LogP contribution in [-0.4, -0.2) is 17.5 Å². The van der Waals surface area contributed by atoms with E-state index >= 15 is 0 Å². The molecule has 0 heterocycles. The summed E-state index contributed by atoms with van der Waals surface area (Å²) in [6, 6.07) is 5.38. The highest BCUT2D eigenvalue weighted by atomic mass is 35.5. The molecule has 0 aromatic heterocycles. The Morgan fingerprint density at radius 3 is 2.44 bits per heavy atom. The number of aryl methyl sites for hydroxylation is 1. The Bertz CT molecular complexity index is 438. The van der Waals surface area contributed by atoms with Crippen LogP contribution in [0.2, 0.25) is 5.02 Å². The van der Waals surface area contributed by atoms with Crippen LogP contribution in [0.4, 0.5) is 5.69 Å². The van der Waals surface area contributed by atoms with Gasteiger partial charge in [0.2, 0.25) is 5.91 Å². The molecule has 1 rings (SSSR count). The summed E-state index contributed by atoms with van der Waals surface area (Å²) in [7, 11) is 0. The highest BCUT2D eigenvalue weighted by Crippen LogP contribution is 2.20. The van der Waals surface area contributed by atoms with Gasteiger partial charge in [0.15, 0.2) is 0 Å². The van der Waals surface area contributed by atoms with Crippen molar-refractivity contribution in [2.45, 2.75) is 46.2 Å². The van der Waals surface area contributed by atoms with Crippen LogP contribution in [0.5, 0.6) is 0 Å². The lowest BCUT2D eigenvalue weighted by Gasteiger charge is -2.24. The van der Waals surface area contributed by atoms with Crippen LogP contribution in [0.1, 0.15) is 33.3 Å². The number of rotatable bonds is 3. The van der Waals surface area contributed by atoms with E-state index in [0.717, 1.165) is 11.3 Å². The predicted molar refractivity (Wildman–Crippen MR) is 77.2 cm³/mol. The van der Waals surface area contributed by atoms with E-state index in [9.17, 15) is 4.79 Å². The summed E-state index contributed by atoms with van der Waals surface area (Å²) >= 11 is 6.04. The van der Waals surface area contributed by atoms with Gasteiger partial charge in [0, 0.05) is 16.2 Å². The van der Waals surface area contributed by atoms with Crippen molar-refractivity contribution >= 4 is 23.2 Å². The predicted octanol–water partition coefficient (Wildman–Crippen LogP) is 3.36. The molecule has 0 bridgehead atoms. The molecule has 0 unspecified atom stereocenters. The summed E-state index contributed by atoms with van der Waals surface area (Å²) in [5.41, 5.74) is 1.65. The first-order valence-corrected chi connectivity index (χ1v) is 6.41. The van der Waals surface area contributed by atoms with Gasteiger partial charge >= 0.3 is 0 Å². The molecule has 0 aliphatic carbocycles. The molecule has 3 nitrogen and oxygen atoms in total. The van der Waals surface area contributed by atoms with Gasteiger partial charge < -0.3 is 10.6 Å². The molecule has 4 heteroatoms. The summed E-state index contributed by atoms with van der Waals surface area (Å²) in [5, 5.41) is 6.76. The topological polar surface area (TPSA) is 41.1 Å². The molecule has 2 N–H and O–H groups in total. The molecule has 0 aliphatic rings. The Morgan fingerprint density at radius 1 is 1.33 bits per heavy atom. The van der Waals surface area contributed by atoms with Gasteiger partial charge in [-0.2, -0.15) is 0 Å². The van der Waals surface area contributed by atoms with Crippen molar-refractivity contribution in [3.05, 3.63) is 28.8 Å².